The normalized spacial score (nSPS) is 18.3. The lowest BCUT2D eigenvalue weighted by atomic mass is 10.0. The van der Waals surface area contributed by atoms with Crippen LogP contribution in [0.25, 0.3) is 0 Å². The van der Waals surface area contributed by atoms with Crippen molar-refractivity contribution in [2.75, 3.05) is 19.1 Å². The summed E-state index contributed by atoms with van der Waals surface area (Å²) in [7, 11) is 3.86. The molecular formula is C15H24N2O. The number of anilines is 1. The highest BCUT2D eigenvalue weighted by Crippen LogP contribution is 2.39. The van der Waals surface area contributed by atoms with Crippen molar-refractivity contribution in [2.24, 2.45) is 11.7 Å². The molecule has 1 aliphatic carbocycles. The van der Waals surface area contributed by atoms with Gasteiger partial charge in [-0.3, -0.25) is 0 Å². The average molecular weight is 248 g/mol. The fourth-order valence-corrected chi connectivity index (χ4v) is 2.59. The van der Waals surface area contributed by atoms with E-state index in [4.69, 9.17) is 10.5 Å². The Kier molecular flexibility index (Phi) is 3.81. The van der Waals surface area contributed by atoms with E-state index >= 15 is 0 Å². The maximum Gasteiger partial charge on any atom is 0.125 e. The predicted octanol–water partition coefficient (Wildman–Crippen LogP) is 2.95. The lowest BCUT2D eigenvalue weighted by Crippen LogP contribution is -2.32. The fraction of sp³-hybridized carbons (Fsp3) is 0.600. The number of hydrogen-bond acceptors (Lipinski definition) is 3. The molecule has 2 unspecified atom stereocenters. The summed E-state index contributed by atoms with van der Waals surface area (Å²) in [6, 6.07) is 6.70. The minimum absolute atomic E-state index is 0.0231. The first-order chi connectivity index (χ1) is 8.56. The summed E-state index contributed by atoms with van der Waals surface area (Å²) in [5.41, 5.74) is 8.42. The molecule has 2 rings (SSSR count). The maximum atomic E-state index is 6.11. The van der Waals surface area contributed by atoms with Crippen molar-refractivity contribution in [3.05, 3.63) is 23.8 Å². The Balaban J connectivity index is 2.36. The third kappa shape index (κ3) is 2.46. The zero-order chi connectivity index (χ0) is 13.3. The van der Waals surface area contributed by atoms with E-state index in [1.54, 1.807) is 7.11 Å². The van der Waals surface area contributed by atoms with Crippen molar-refractivity contribution in [2.45, 2.75) is 38.8 Å². The number of rotatable bonds is 5. The molecule has 1 aromatic carbocycles. The van der Waals surface area contributed by atoms with Crippen LogP contribution in [0.1, 0.15) is 38.3 Å². The summed E-state index contributed by atoms with van der Waals surface area (Å²) in [6.07, 6.45) is 2.70. The highest BCUT2D eigenvalue weighted by atomic mass is 16.5. The second-order valence-corrected chi connectivity index (χ2v) is 5.37. The van der Waals surface area contributed by atoms with E-state index in [1.165, 1.54) is 18.5 Å². The van der Waals surface area contributed by atoms with Crippen LogP contribution in [0, 0.1) is 5.92 Å². The molecule has 0 bridgehead atoms. The number of ether oxygens (including phenoxy) is 1. The highest BCUT2D eigenvalue weighted by molar-refractivity contribution is 5.61. The van der Waals surface area contributed by atoms with Crippen LogP contribution in [-0.2, 0) is 0 Å². The average Bonchev–Trinajstić information content (AvgIpc) is 3.20. The van der Waals surface area contributed by atoms with E-state index in [1.807, 2.05) is 19.1 Å². The summed E-state index contributed by atoms with van der Waals surface area (Å²) >= 11 is 0. The van der Waals surface area contributed by atoms with Gasteiger partial charge < -0.3 is 15.4 Å². The number of nitrogens with two attached hydrogens (primary N) is 1. The Morgan fingerprint density at radius 1 is 1.33 bits per heavy atom. The van der Waals surface area contributed by atoms with Gasteiger partial charge >= 0.3 is 0 Å². The van der Waals surface area contributed by atoms with Crippen molar-refractivity contribution < 1.29 is 4.74 Å². The van der Waals surface area contributed by atoms with Gasteiger partial charge in [0, 0.05) is 30.4 Å². The smallest absolute Gasteiger partial charge is 0.125 e. The number of hydrogen-bond donors (Lipinski definition) is 1. The molecule has 1 saturated carbocycles. The molecule has 1 fully saturated rings. The van der Waals surface area contributed by atoms with Crippen molar-refractivity contribution in [1.29, 1.82) is 0 Å². The van der Waals surface area contributed by atoms with E-state index in [2.05, 4.69) is 24.9 Å². The Morgan fingerprint density at radius 2 is 2.00 bits per heavy atom. The Labute approximate surface area is 110 Å². The molecule has 0 radical (unpaired) electrons. The summed E-state index contributed by atoms with van der Waals surface area (Å²) in [5.74, 6) is 1.72. The Bertz CT molecular complexity index is 413. The molecule has 0 aliphatic heterocycles. The van der Waals surface area contributed by atoms with Crippen LogP contribution in [0.4, 0.5) is 5.69 Å². The van der Waals surface area contributed by atoms with E-state index in [9.17, 15) is 0 Å². The van der Waals surface area contributed by atoms with Crippen LogP contribution >= 0.6 is 0 Å². The lowest BCUT2D eigenvalue weighted by Gasteiger charge is -2.30. The highest BCUT2D eigenvalue weighted by Gasteiger charge is 2.31. The van der Waals surface area contributed by atoms with Crippen molar-refractivity contribution >= 4 is 5.69 Å². The molecule has 0 spiro atoms. The first-order valence-corrected chi connectivity index (χ1v) is 6.71. The van der Waals surface area contributed by atoms with Crippen LogP contribution < -0.4 is 15.4 Å². The molecule has 0 amide bonds. The molecule has 18 heavy (non-hydrogen) atoms. The zero-order valence-corrected chi connectivity index (χ0v) is 11.8. The molecule has 0 heterocycles. The van der Waals surface area contributed by atoms with Gasteiger partial charge in [0.15, 0.2) is 0 Å². The third-order valence-electron chi connectivity index (χ3n) is 4.01. The predicted molar refractivity (Wildman–Crippen MR) is 76.2 cm³/mol. The topological polar surface area (TPSA) is 38.5 Å². The van der Waals surface area contributed by atoms with Crippen LogP contribution in [-0.4, -0.2) is 20.2 Å². The monoisotopic (exact) mass is 248 g/mol. The number of nitrogens with zero attached hydrogens (tertiary/aromatic N) is 1. The minimum atomic E-state index is -0.0231. The largest absolute Gasteiger partial charge is 0.496 e. The van der Waals surface area contributed by atoms with E-state index in [0.717, 1.165) is 17.2 Å². The fourth-order valence-electron chi connectivity index (χ4n) is 2.59. The molecule has 1 aliphatic rings. The van der Waals surface area contributed by atoms with Gasteiger partial charge in [0.05, 0.1) is 7.11 Å². The molecule has 0 saturated heterocycles. The van der Waals surface area contributed by atoms with Crippen molar-refractivity contribution in [1.82, 2.24) is 0 Å². The quantitative estimate of drug-likeness (QED) is 0.870. The van der Waals surface area contributed by atoms with Crippen LogP contribution in [0.3, 0.4) is 0 Å². The summed E-state index contributed by atoms with van der Waals surface area (Å²) < 4.78 is 5.45. The standard InChI is InChI=1S/C15H24N2O/c1-10(16)15-13(6-5-7-14(15)18-4)17(3)11(2)12-8-9-12/h5-7,10-12H,8-9,16H2,1-4H3. The van der Waals surface area contributed by atoms with Crippen LogP contribution in [0.5, 0.6) is 5.75 Å². The molecule has 2 atom stereocenters. The van der Waals surface area contributed by atoms with Gasteiger partial charge in [-0.05, 0) is 44.7 Å². The number of benzene rings is 1. The maximum absolute atomic E-state index is 6.11. The second kappa shape index (κ2) is 5.19. The first kappa shape index (κ1) is 13.2. The molecule has 3 nitrogen and oxygen atoms in total. The first-order valence-electron chi connectivity index (χ1n) is 6.71. The van der Waals surface area contributed by atoms with Gasteiger partial charge in [-0.2, -0.15) is 0 Å². The van der Waals surface area contributed by atoms with E-state index in [0.29, 0.717) is 6.04 Å². The number of methoxy groups -OCH3 is 1. The zero-order valence-electron chi connectivity index (χ0n) is 11.8. The molecule has 2 N–H and O–H groups in total. The molecule has 100 valence electrons. The van der Waals surface area contributed by atoms with Gasteiger partial charge in [-0.25, -0.2) is 0 Å². The molecular weight excluding hydrogens is 224 g/mol. The van der Waals surface area contributed by atoms with Gasteiger partial charge in [-0.1, -0.05) is 6.07 Å². The van der Waals surface area contributed by atoms with Gasteiger partial charge in [0.1, 0.15) is 5.75 Å². The molecule has 0 aromatic heterocycles. The van der Waals surface area contributed by atoms with Gasteiger partial charge in [0.25, 0.3) is 0 Å². The van der Waals surface area contributed by atoms with E-state index < -0.39 is 0 Å². The SMILES string of the molecule is COc1cccc(N(C)C(C)C2CC2)c1C(C)N. The summed E-state index contributed by atoms with van der Waals surface area (Å²) in [6.45, 7) is 4.30. The summed E-state index contributed by atoms with van der Waals surface area (Å²) in [5, 5.41) is 0. The third-order valence-corrected chi connectivity index (χ3v) is 4.01. The minimum Gasteiger partial charge on any atom is -0.496 e. The Hall–Kier alpha value is -1.22. The van der Waals surface area contributed by atoms with Gasteiger partial charge in [0.2, 0.25) is 0 Å². The van der Waals surface area contributed by atoms with Crippen molar-refractivity contribution in [3.63, 3.8) is 0 Å². The van der Waals surface area contributed by atoms with Crippen LogP contribution in [0.15, 0.2) is 18.2 Å². The van der Waals surface area contributed by atoms with E-state index in [-0.39, 0.29) is 6.04 Å². The lowest BCUT2D eigenvalue weighted by molar-refractivity contribution is 0.406. The van der Waals surface area contributed by atoms with Crippen molar-refractivity contribution in [3.8, 4) is 5.75 Å². The van der Waals surface area contributed by atoms with Gasteiger partial charge in [-0.15, -0.1) is 0 Å². The molecule has 1 aromatic rings. The van der Waals surface area contributed by atoms with Crippen LogP contribution in [0.2, 0.25) is 0 Å². The Morgan fingerprint density at radius 3 is 2.50 bits per heavy atom. The second-order valence-electron chi connectivity index (χ2n) is 5.37. The molecule has 3 heteroatoms. The summed E-state index contributed by atoms with van der Waals surface area (Å²) in [4.78, 5) is 2.35.